The van der Waals surface area contributed by atoms with E-state index in [0.29, 0.717) is 0 Å². The topological polar surface area (TPSA) is 0 Å². The van der Waals surface area contributed by atoms with Crippen LogP contribution in [0.1, 0.15) is 16.7 Å². The molecule has 1 aromatic rings. The number of allylic oxidation sites excluding steroid dienone is 1. The predicted octanol–water partition coefficient (Wildman–Crippen LogP) is 3.59. The zero-order valence-corrected chi connectivity index (χ0v) is 22.1. The molecular formula is C20H35LiSi4. The van der Waals surface area contributed by atoms with Crippen molar-refractivity contribution in [3.05, 3.63) is 41.5 Å². The first-order chi connectivity index (χ1) is 10.8. The van der Waals surface area contributed by atoms with Gasteiger partial charge in [0.1, 0.15) is 0 Å². The number of hydrogen-bond acceptors (Lipinski definition) is 0. The van der Waals surface area contributed by atoms with Crippen LogP contribution in [0, 0.1) is 0 Å². The largest absolute Gasteiger partial charge is 1.00 e. The molecule has 132 valence electrons. The first-order valence-electron chi connectivity index (χ1n) is 9.48. The monoisotopic (exact) mass is 394 g/mol. The molecule has 2 aliphatic rings. The molecule has 0 nitrogen and oxygen atoms in total. The number of benzene rings is 1. The summed E-state index contributed by atoms with van der Waals surface area (Å²) < 4.78 is 0.773. The third-order valence-electron chi connectivity index (χ3n) is 6.57. The fourth-order valence-corrected chi connectivity index (χ4v) is 50.4. The molecule has 0 bridgehead atoms. The van der Waals surface area contributed by atoms with Gasteiger partial charge in [0.2, 0.25) is 0 Å². The Morgan fingerprint density at radius 2 is 1.28 bits per heavy atom. The molecule has 1 saturated heterocycles. The summed E-state index contributed by atoms with van der Waals surface area (Å²) in [5.41, 5.74) is 5.02. The van der Waals surface area contributed by atoms with Crippen molar-refractivity contribution in [3.63, 3.8) is 0 Å². The maximum absolute atomic E-state index is 2.71. The van der Waals surface area contributed by atoms with E-state index in [9.17, 15) is 0 Å². The van der Waals surface area contributed by atoms with E-state index in [-0.39, 0.29) is 27.7 Å². The molecule has 1 fully saturated rings. The summed E-state index contributed by atoms with van der Waals surface area (Å²) in [6.45, 7) is 24.4. The second-order valence-corrected chi connectivity index (χ2v) is 32.6. The first kappa shape index (κ1) is 21.7. The van der Waals surface area contributed by atoms with Crippen LogP contribution in [-0.4, -0.2) is 33.0 Å². The summed E-state index contributed by atoms with van der Waals surface area (Å²) in [5.74, 6) is 0. The zero-order chi connectivity index (χ0) is 18.1. The molecule has 0 aromatic heterocycles. The molecule has 3 rings (SSSR count). The molecule has 1 heterocycles. The van der Waals surface area contributed by atoms with Crippen molar-refractivity contribution >= 4 is 39.1 Å². The van der Waals surface area contributed by atoms with Gasteiger partial charge in [0.25, 0.3) is 0 Å². The molecule has 1 aliphatic heterocycles. The van der Waals surface area contributed by atoms with Crippen molar-refractivity contribution in [2.24, 2.45) is 0 Å². The molecule has 2 unspecified atom stereocenters. The summed E-state index contributed by atoms with van der Waals surface area (Å²) >= 11 is 0. The van der Waals surface area contributed by atoms with Crippen molar-refractivity contribution in [2.75, 3.05) is 0 Å². The minimum atomic E-state index is -1.28. The van der Waals surface area contributed by atoms with Gasteiger partial charge in [0, 0.05) is 24.2 Å². The van der Waals surface area contributed by atoms with E-state index in [1.165, 1.54) is 5.56 Å². The van der Waals surface area contributed by atoms with Crippen molar-refractivity contribution in [1.29, 1.82) is 0 Å². The van der Waals surface area contributed by atoms with Crippen LogP contribution < -0.4 is 18.9 Å². The Kier molecular flexibility index (Phi) is 5.64. The molecule has 1 aromatic carbocycles. The molecule has 5 heteroatoms. The predicted molar refractivity (Wildman–Crippen MR) is 120 cm³/mol. The summed E-state index contributed by atoms with van der Waals surface area (Å²) in [6.07, 6.45) is 5.06. The van der Waals surface area contributed by atoms with Crippen LogP contribution >= 0.6 is 0 Å². The zero-order valence-electron chi connectivity index (χ0n) is 18.1. The van der Waals surface area contributed by atoms with E-state index >= 15 is 0 Å². The minimum Gasteiger partial charge on any atom is -0.250 e. The Balaban J connectivity index is 0.00000225. The van der Waals surface area contributed by atoms with Crippen LogP contribution in [0.4, 0.5) is 0 Å². The molecule has 2 atom stereocenters. The standard InChI is InChI=1S/C20H35Si4.Li/c1-22(2,3)20(23(4,5)6,24(7,8)9)21-18-15-14-16-12-10-11-13-17(16)19(18)21;/h10-15,18-19H,1-9H3;/q-1;+1. The molecule has 0 spiro atoms. The quantitative estimate of drug-likeness (QED) is 0.685. The van der Waals surface area contributed by atoms with Crippen LogP contribution in [0.5, 0.6) is 0 Å². The van der Waals surface area contributed by atoms with Crippen LogP contribution in [0.3, 0.4) is 0 Å². The van der Waals surface area contributed by atoms with Gasteiger partial charge < -0.3 is 0 Å². The van der Waals surface area contributed by atoms with Crippen molar-refractivity contribution in [3.8, 4) is 0 Å². The van der Waals surface area contributed by atoms with E-state index < -0.39 is 24.2 Å². The Morgan fingerprint density at radius 3 is 1.76 bits per heavy atom. The van der Waals surface area contributed by atoms with Gasteiger partial charge in [-0.1, -0.05) is 94.8 Å². The van der Waals surface area contributed by atoms with E-state index in [1.54, 1.807) is 5.56 Å². The maximum atomic E-state index is 2.71. The van der Waals surface area contributed by atoms with E-state index in [4.69, 9.17) is 0 Å². The van der Waals surface area contributed by atoms with Gasteiger partial charge in [-0.2, -0.15) is 15.0 Å². The molecule has 1 aliphatic carbocycles. The smallest absolute Gasteiger partial charge is 0.250 e. The van der Waals surface area contributed by atoms with E-state index in [1.807, 2.05) is 0 Å². The average Bonchev–Trinajstić information content (AvgIpc) is 3.09. The molecule has 0 saturated carbocycles. The second kappa shape index (κ2) is 6.50. The summed E-state index contributed by atoms with van der Waals surface area (Å²) in [5, 5.41) is 0. The molecule has 0 radical (unpaired) electrons. The Morgan fingerprint density at radius 1 is 0.800 bits per heavy atom. The molecule has 0 amide bonds. The second-order valence-electron chi connectivity index (χ2n) is 10.9. The molecular weight excluding hydrogens is 360 g/mol. The van der Waals surface area contributed by atoms with Crippen LogP contribution in [0.25, 0.3) is 6.08 Å². The van der Waals surface area contributed by atoms with Gasteiger partial charge in [-0.3, -0.25) is 0 Å². The van der Waals surface area contributed by atoms with Gasteiger partial charge in [0.05, 0.1) is 0 Å². The first-order valence-corrected chi connectivity index (χ1v) is 21.6. The van der Waals surface area contributed by atoms with Crippen LogP contribution in [0.15, 0.2) is 30.3 Å². The van der Waals surface area contributed by atoms with E-state index in [0.717, 1.165) is 15.0 Å². The Hall–Kier alpha value is 0.425. The van der Waals surface area contributed by atoms with Gasteiger partial charge in [-0.15, -0.1) is 6.08 Å². The van der Waals surface area contributed by atoms with Gasteiger partial charge in [-0.05, 0) is 5.56 Å². The number of fused-ring (bicyclic) bond motifs is 3. The van der Waals surface area contributed by atoms with Crippen LogP contribution in [0.2, 0.25) is 68.4 Å². The van der Waals surface area contributed by atoms with Gasteiger partial charge >= 0.3 is 18.9 Å². The van der Waals surface area contributed by atoms with Gasteiger partial charge in [0.15, 0.2) is 0 Å². The van der Waals surface area contributed by atoms with Crippen molar-refractivity contribution in [1.82, 2.24) is 0 Å². The normalized spacial score (nSPS) is 23.6. The third kappa shape index (κ3) is 3.05. The fraction of sp³-hybridized carbons (Fsp3) is 0.600. The SMILES string of the molecule is C[Si](C)(C)C([Si-]1C2C=Cc3ccccc3C21)([Si](C)(C)C)[Si](C)(C)C.[Li+]. The molecule has 25 heavy (non-hydrogen) atoms. The Labute approximate surface area is 172 Å². The fourth-order valence-electron chi connectivity index (χ4n) is 7.17. The number of rotatable bonds is 4. The third-order valence-corrected chi connectivity index (χ3v) is 39.2. The van der Waals surface area contributed by atoms with Crippen LogP contribution in [-0.2, 0) is 0 Å². The Bertz CT molecular complexity index is 640. The minimum absolute atomic E-state index is 0. The summed E-state index contributed by atoms with van der Waals surface area (Å²) in [6, 6.07) is 9.25. The van der Waals surface area contributed by atoms with E-state index in [2.05, 4.69) is 95.3 Å². The maximum Gasteiger partial charge on any atom is 1.00 e. The van der Waals surface area contributed by atoms with Gasteiger partial charge in [-0.25, -0.2) is 8.80 Å². The van der Waals surface area contributed by atoms with Crippen molar-refractivity contribution < 1.29 is 18.9 Å². The number of hydrogen-bond donors (Lipinski definition) is 0. The summed E-state index contributed by atoms with van der Waals surface area (Å²) in [4.78, 5) is 0. The van der Waals surface area contributed by atoms with Crippen molar-refractivity contribution in [2.45, 2.75) is 73.9 Å². The molecule has 0 N–H and O–H groups in total. The average molecular weight is 395 g/mol. The summed E-state index contributed by atoms with van der Waals surface area (Å²) in [7, 11) is -4.23.